The molecule has 0 saturated heterocycles. The number of hydrogen-bond donors (Lipinski definition) is 2. The summed E-state index contributed by atoms with van der Waals surface area (Å²) in [6.07, 6.45) is 1.51. The molecule has 5 heteroatoms. The van der Waals surface area contributed by atoms with Crippen LogP contribution in [0.5, 0.6) is 11.5 Å². The van der Waals surface area contributed by atoms with E-state index in [-0.39, 0.29) is 5.75 Å². The fourth-order valence-corrected chi connectivity index (χ4v) is 2.09. The SMILES string of the molecule is COc1ccc2ncnc(Nc3ccc(C)c(O)c3)c2c1. The van der Waals surface area contributed by atoms with Crippen LogP contribution in [0.25, 0.3) is 10.9 Å². The minimum absolute atomic E-state index is 0.246. The molecule has 0 spiro atoms. The summed E-state index contributed by atoms with van der Waals surface area (Å²) in [5.41, 5.74) is 2.42. The van der Waals surface area contributed by atoms with Gasteiger partial charge in [0.1, 0.15) is 23.6 Å². The van der Waals surface area contributed by atoms with Crippen LogP contribution in [0, 0.1) is 6.92 Å². The molecule has 0 saturated carbocycles. The molecule has 1 heterocycles. The third-order valence-corrected chi connectivity index (χ3v) is 3.31. The molecule has 0 fully saturated rings. The molecule has 0 aliphatic rings. The maximum Gasteiger partial charge on any atom is 0.141 e. The molecule has 2 N–H and O–H groups in total. The normalized spacial score (nSPS) is 10.6. The van der Waals surface area contributed by atoms with Gasteiger partial charge in [0, 0.05) is 17.1 Å². The highest BCUT2D eigenvalue weighted by Crippen LogP contribution is 2.28. The summed E-state index contributed by atoms with van der Waals surface area (Å²) in [6, 6.07) is 11.0. The van der Waals surface area contributed by atoms with E-state index in [4.69, 9.17) is 4.74 Å². The average Bonchev–Trinajstić information content (AvgIpc) is 2.51. The third-order valence-electron chi connectivity index (χ3n) is 3.31. The lowest BCUT2D eigenvalue weighted by Gasteiger charge is -2.10. The van der Waals surface area contributed by atoms with Crippen molar-refractivity contribution in [1.29, 1.82) is 0 Å². The Morgan fingerprint density at radius 1 is 1.10 bits per heavy atom. The largest absolute Gasteiger partial charge is 0.508 e. The van der Waals surface area contributed by atoms with E-state index in [1.54, 1.807) is 13.2 Å². The van der Waals surface area contributed by atoms with Gasteiger partial charge in [0.2, 0.25) is 0 Å². The van der Waals surface area contributed by atoms with Gasteiger partial charge in [-0.25, -0.2) is 9.97 Å². The molecule has 2 aromatic carbocycles. The van der Waals surface area contributed by atoms with Crippen molar-refractivity contribution in [2.45, 2.75) is 6.92 Å². The van der Waals surface area contributed by atoms with E-state index in [9.17, 15) is 5.11 Å². The Kier molecular flexibility index (Phi) is 3.31. The predicted octanol–water partition coefficient (Wildman–Crippen LogP) is 3.40. The van der Waals surface area contributed by atoms with Crippen LogP contribution in [0.15, 0.2) is 42.7 Å². The van der Waals surface area contributed by atoms with Crippen molar-refractivity contribution in [3.05, 3.63) is 48.3 Å². The number of hydrogen-bond acceptors (Lipinski definition) is 5. The second-order valence-electron chi connectivity index (χ2n) is 4.73. The molecule has 0 aliphatic carbocycles. The number of phenolic OH excluding ortho intramolecular Hbond substituents is 1. The predicted molar refractivity (Wildman–Crippen MR) is 82.2 cm³/mol. The van der Waals surface area contributed by atoms with Crippen LogP contribution in [0.2, 0.25) is 0 Å². The molecule has 0 aliphatic heterocycles. The lowest BCUT2D eigenvalue weighted by Crippen LogP contribution is -1.96. The first kappa shape index (κ1) is 13.2. The topological polar surface area (TPSA) is 67.3 Å². The average molecular weight is 281 g/mol. The second-order valence-corrected chi connectivity index (χ2v) is 4.73. The van der Waals surface area contributed by atoms with Gasteiger partial charge in [-0.1, -0.05) is 6.07 Å². The monoisotopic (exact) mass is 281 g/mol. The van der Waals surface area contributed by atoms with E-state index < -0.39 is 0 Å². The lowest BCUT2D eigenvalue weighted by molar-refractivity contribution is 0.415. The van der Waals surface area contributed by atoms with Crippen LogP contribution in [0.4, 0.5) is 11.5 Å². The summed E-state index contributed by atoms with van der Waals surface area (Å²) < 4.78 is 5.24. The molecule has 3 rings (SSSR count). The van der Waals surface area contributed by atoms with Gasteiger partial charge in [0.25, 0.3) is 0 Å². The van der Waals surface area contributed by atoms with E-state index in [0.717, 1.165) is 27.9 Å². The minimum Gasteiger partial charge on any atom is -0.508 e. The highest BCUT2D eigenvalue weighted by Gasteiger charge is 2.06. The van der Waals surface area contributed by atoms with Gasteiger partial charge in [-0.05, 0) is 36.8 Å². The van der Waals surface area contributed by atoms with Gasteiger partial charge in [0.15, 0.2) is 0 Å². The molecule has 0 atom stereocenters. The Morgan fingerprint density at radius 2 is 1.95 bits per heavy atom. The molecule has 21 heavy (non-hydrogen) atoms. The maximum atomic E-state index is 9.78. The van der Waals surface area contributed by atoms with E-state index in [2.05, 4.69) is 15.3 Å². The molecule has 106 valence electrons. The zero-order chi connectivity index (χ0) is 14.8. The molecule has 1 aromatic heterocycles. The number of anilines is 2. The molecule has 5 nitrogen and oxygen atoms in total. The number of nitrogens with one attached hydrogen (secondary N) is 1. The number of aromatic nitrogens is 2. The number of aromatic hydroxyl groups is 1. The number of phenols is 1. The minimum atomic E-state index is 0.246. The quantitative estimate of drug-likeness (QED) is 0.770. The van der Waals surface area contributed by atoms with Gasteiger partial charge < -0.3 is 15.2 Å². The van der Waals surface area contributed by atoms with Crippen molar-refractivity contribution in [2.24, 2.45) is 0 Å². The summed E-state index contributed by atoms with van der Waals surface area (Å²) in [6.45, 7) is 1.85. The molecule has 0 amide bonds. The van der Waals surface area contributed by atoms with Crippen molar-refractivity contribution < 1.29 is 9.84 Å². The Balaban J connectivity index is 2.05. The molecular formula is C16H15N3O2. The van der Waals surface area contributed by atoms with Crippen LogP contribution in [-0.2, 0) is 0 Å². The fourth-order valence-electron chi connectivity index (χ4n) is 2.09. The van der Waals surface area contributed by atoms with Gasteiger partial charge >= 0.3 is 0 Å². The zero-order valence-corrected chi connectivity index (χ0v) is 11.8. The molecular weight excluding hydrogens is 266 g/mol. The van der Waals surface area contributed by atoms with Crippen LogP contribution in [0.1, 0.15) is 5.56 Å². The summed E-state index contributed by atoms with van der Waals surface area (Å²) in [7, 11) is 1.62. The first-order chi connectivity index (χ1) is 10.2. The fraction of sp³-hybridized carbons (Fsp3) is 0.125. The summed E-state index contributed by atoms with van der Waals surface area (Å²) in [5, 5.41) is 13.8. The lowest BCUT2D eigenvalue weighted by atomic mass is 10.2. The van der Waals surface area contributed by atoms with E-state index in [1.807, 2.05) is 37.3 Å². The van der Waals surface area contributed by atoms with Crippen molar-refractivity contribution in [3.63, 3.8) is 0 Å². The van der Waals surface area contributed by atoms with Crippen LogP contribution < -0.4 is 10.1 Å². The number of nitrogens with zero attached hydrogens (tertiary/aromatic N) is 2. The van der Waals surface area contributed by atoms with Crippen molar-refractivity contribution in [2.75, 3.05) is 12.4 Å². The van der Waals surface area contributed by atoms with Crippen LogP contribution in [0.3, 0.4) is 0 Å². The van der Waals surface area contributed by atoms with E-state index in [1.165, 1.54) is 6.33 Å². The molecule has 0 bridgehead atoms. The van der Waals surface area contributed by atoms with Crippen LogP contribution >= 0.6 is 0 Å². The molecule has 0 unspecified atom stereocenters. The Hall–Kier alpha value is -2.82. The summed E-state index contributed by atoms with van der Waals surface area (Å²) >= 11 is 0. The van der Waals surface area contributed by atoms with E-state index in [0.29, 0.717) is 5.82 Å². The van der Waals surface area contributed by atoms with Gasteiger partial charge in [-0.2, -0.15) is 0 Å². The highest BCUT2D eigenvalue weighted by atomic mass is 16.5. The van der Waals surface area contributed by atoms with Gasteiger partial charge in [0.05, 0.1) is 12.6 Å². The highest BCUT2D eigenvalue weighted by molar-refractivity contribution is 5.91. The number of aryl methyl sites for hydroxylation is 1. The number of fused-ring (bicyclic) bond motifs is 1. The van der Waals surface area contributed by atoms with E-state index >= 15 is 0 Å². The molecule has 3 aromatic rings. The number of benzene rings is 2. The van der Waals surface area contributed by atoms with Gasteiger partial charge in [-0.3, -0.25) is 0 Å². The summed E-state index contributed by atoms with van der Waals surface area (Å²) in [5.74, 6) is 1.66. The van der Waals surface area contributed by atoms with Crippen molar-refractivity contribution in [3.8, 4) is 11.5 Å². The number of ether oxygens (including phenoxy) is 1. The number of methoxy groups -OCH3 is 1. The second kappa shape index (κ2) is 5.28. The Morgan fingerprint density at radius 3 is 2.71 bits per heavy atom. The van der Waals surface area contributed by atoms with Crippen molar-refractivity contribution in [1.82, 2.24) is 9.97 Å². The third kappa shape index (κ3) is 2.58. The van der Waals surface area contributed by atoms with Crippen LogP contribution in [-0.4, -0.2) is 22.2 Å². The first-order valence-corrected chi connectivity index (χ1v) is 6.53. The van der Waals surface area contributed by atoms with Gasteiger partial charge in [-0.15, -0.1) is 0 Å². The Bertz CT molecular complexity index is 803. The Labute approximate surface area is 122 Å². The number of rotatable bonds is 3. The zero-order valence-electron chi connectivity index (χ0n) is 11.8. The maximum absolute atomic E-state index is 9.78. The van der Waals surface area contributed by atoms with Crippen molar-refractivity contribution >= 4 is 22.4 Å². The standard InChI is InChI=1S/C16H15N3O2/c1-10-3-4-11(7-15(10)20)19-16-13-8-12(21-2)5-6-14(13)17-9-18-16/h3-9,20H,1-2H3,(H,17,18,19). The first-order valence-electron chi connectivity index (χ1n) is 6.53. The molecule has 0 radical (unpaired) electrons. The smallest absolute Gasteiger partial charge is 0.141 e. The summed E-state index contributed by atoms with van der Waals surface area (Å²) in [4.78, 5) is 8.50.